The van der Waals surface area contributed by atoms with E-state index in [0.717, 1.165) is 18.4 Å². The van der Waals surface area contributed by atoms with Crippen LogP contribution < -0.4 is 10.6 Å². The maximum atomic E-state index is 12.7. The third kappa shape index (κ3) is 6.27. The molecule has 0 unspecified atom stereocenters. The van der Waals surface area contributed by atoms with Crippen molar-refractivity contribution < 1.29 is 19.1 Å². The van der Waals surface area contributed by atoms with Crippen LogP contribution in [0.3, 0.4) is 0 Å². The van der Waals surface area contributed by atoms with Crippen molar-refractivity contribution in [2.75, 3.05) is 19.7 Å². The van der Waals surface area contributed by atoms with E-state index in [1.54, 1.807) is 24.0 Å². The average Bonchev–Trinajstić information content (AvgIpc) is 2.66. The number of hydrogen-bond acceptors (Lipinski definition) is 4. The van der Waals surface area contributed by atoms with Crippen LogP contribution in [0.1, 0.15) is 49.5 Å². The first kappa shape index (κ1) is 20.7. The molecule has 1 aliphatic rings. The minimum atomic E-state index is -0.245. The van der Waals surface area contributed by atoms with E-state index in [1.807, 2.05) is 26.0 Å². The van der Waals surface area contributed by atoms with Crippen LogP contribution in [0.5, 0.6) is 0 Å². The molecule has 1 heterocycles. The Morgan fingerprint density at radius 3 is 2.56 bits per heavy atom. The number of esters is 1. The van der Waals surface area contributed by atoms with Crippen LogP contribution in [0.25, 0.3) is 0 Å². The Balaban J connectivity index is 1.91. The zero-order valence-electron chi connectivity index (χ0n) is 16.3. The van der Waals surface area contributed by atoms with Crippen LogP contribution in [0.4, 0.5) is 4.79 Å². The summed E-state index contributed by atoms with van der Waals surface area (Å²) in [6.45, 7) is 7.37. The van der Waals surface area contributed by atoms with Gasteiger partial charge in [0.15, 0.2) is 0 Å². The zero-order chi connectivity index (χ0) is 19.8. The van der Waals surface area contributed by atoms with E-state index in [4.69, 9.17) is 4.74 Å². The molecule has 0 bridgehead atoms. The van der Waals surface area contributed by atoms with Crippen LogP contribution in [-0.2, 0) is 16.1 Å². The molecule has 7 nitrogen and oxygen atoms in total. The van der Waals surface area contributed by atoms with Gasteiger partial charge in [0.25, 0.3) is 5.91 Å². The molecule has 1 aliphatic heterocycles. The Morgan fingerprint density at radius 2 is 1.93 bits per heavy atom. The molecule has 148 valence electrons. The first-order valence-electron chi connectivity index (χ1n) is 9.50. The number of carbonyl (C=O) groups is 3. The second kappa shape index (κ2) is 9.94. The molecule has 1 fully saturated rings. The molecule has 2 rings (SSSR count). The van der Waals surface area contributed by atoms with Gasteiger partial charge in [0.05, 0.1) is 12.5 Å². The summed E-state index contributed by atoms with van der Waals surface area (Å²) in [6.07, 6.45) is 1.55. The quantitative estimate of drug-likeness (QED) is 0.747. The van der Waals surface area contributed by atoms with Crippen molar-refractivity contribution in [3.05, 3.63) is 35.4 Å². The van der Waals surface area contributed by atoms with Crippen LogP contribution in [0.2, 0.25) is 0 Å². The van der Waals surface area contributed by atoms with E-state index >= 15 is 0 Å². The summed E-state index contributed by atoms with van der Waals surface area (Å²) >= 11 is 0. The molecule has 0 aromatic heterocycles. The molecule has 0 radical (unpaired) electrons. The van der Waals surface area contributed by atoms with Gasteiger partial charge in [0, 0.05) is 31.2 Å². The molecule has 1 saturated heterocycles. The van der Waals surface area contributed by atoms with Crippen molar-refractivity contribution >= 4 is 17.9 Å². The highest BCUT2D eigenvalue weighted by Crippen LogP contribution is 2.20. The largest absolute Gasteiger partial charge is 0.466 e. The second-order valence-corrected chi connectivity index (χ2v) is 7.02. The number of amides is 3. The smallest absolute Gasteiger partial charge is 0.315 e. The highest BCUT2D eigenvalue weighted by molar-refractivity contribution is 5.94. The molecule has 7 heteroatoms. The molecule has 0 spiro atoms. The molecule has 2 N–H and O–H groups in total. The molecule has 1 atom stereocenters. The number of nitrogens with zero attached hydrogens (tertiary/aromatic N) is 1. The van der Waals surface area contributed by atoms with E-state index < -0.39 is 0 Å². The highest BCUT2D eigenvalue weighted by atomic mass is 16.5. The topological polar surface area (TPSA) is 87.7 Å². The molecule has 0 aliphatic carbocycles. The monoisotopic (exact) mass is 375 g/mol. The fraction of sp³-hybridized carbons (Fsp3) is 0.550. The van der Waals surface area contributed by atoms with Crippen molar-refractivity contribution in [2.45, 2.75) is 46.2 Å². The third-order valence-corrected chi connectivity index (χ3v) is 4.40. The maximum absolute atomic E-state index is 12.7. The molecule has 27 heavy (non-hydrogen) atoms. The van der Waals surface area contributed by atoms with E-state index in [1.165, 1.54) is 0 Å². The van der Waals surface area contributed by atoms with Gasteiger partial charge in [-0.25, -0.2) is 4.79 Å². The van der Waals surface area contributed by atoms with Gasteiger partial charge in [-0.05, 0) is 51.3 Å². The van der Waals surface area contributed by atoms with E-state index in [0.29, 0.717) is 31.8 Å². The van der Waals surface area contributed by atoms with Crippen LogP contribution >= 0.6 is 0 Å². The Kier molecular flexibility index (Phi) is 7.64. The van der Waals surface area contributed by atoms with Gasteiger partial charge in [-0.2, -0.15) is 0 Å². The molecular formula is C20H29N3O4. The SMILES string of the molecule is CCOC(=O)[C@H]1CCCN(C(=O)c2ccc(CNC(=O)NC(C)C)cc2)C1. The summed E-state index contributed by atoms with van der Waals surface area (Å²) in [7, 11) is 0. The molecule has 3 amide bonds. The minimum Gasteiger partial charge on any atom is -0.466 e. The van der Waals surface area contributed by atoms with Crippen LogP contribution in [0, 0.1) is 5.92 Å². The van der Waals surface area contributed by atoms with E-state index in [2.05, 4.69) is 10.6 Å². The normalized spacial score (nSPS) is 16.7. The Hall–Kier alpha value is -2.57. The number of urea groups is 1. The number of nitrogens with one attached hydrogen (secondary N) is 2. The predicted octanol–water partition coefficient (Wildman–Crippen LogP) is 2.31. The fourth-order valence-corrected chi connectivity index (χ4v) is 3.06. The third-order valence-electron chi connectivity index (χ3n) is 4.40. The van der Waals surface area contributed by atoms with E-state index in [9.17, 15) is 14.4 Å². The molecule has 1 aromatic carbocycles. The maximum Gasteiger partial charge on any atom is 0.315 e. The lowest BCUT2D eigenvalue weighted by Gasteiger charge is -2.31. The number of carbonyl (C=O) groups excluding carboxylic acids is 3. The van der Waals surface area contributed by atoms with Crippen LogP contribution in [0.15, 0.2) is 24.3 Å². The Labute approximate surface area is 160 Å². The molecule has 1 aromatic rings. The number of benzene rings is 1. The van der Waals surface area contributed by atoms with Gasteiger partial charge in [-0.3, -0.25) is 9.59 Å². The number of likely N-dealkylation sites (tertiary alicyclic amines) is 1. The first-order valence-corrected chi connectivity index (χ1v) is 9.50. The predicted molar refractivity (Wildman–Crippen MR) is 102 cm³/mol. The Bertz CT molecular complexity index is 658. The number of rotatable bonds is 6. The molecular weight excluding hydrogens is 346 g/mol. The summed E-state index contributed by atoms with van der Waals surface area (Å²) < 4.78 is 5.08. The number of hydrogen-bond donors (Lipinski definition) is 2. The molecule has 0 saturated carbocycles. The first-order chi connectivity index (χ1) is 12.9. The number of piperidine rings is 1. The van der Waals surface area contributed by atoms with Crippen LogP contribution in [-0.4, -0.2) is 48.5 Å². The van der Waals surface area contributed by atoms with Gasteiger partial charge in [0.1, 0.15) is 0 Å². The Morgan fingerprint density at radius 1 is 1.22 bits per heavy atom. The van der Waals surface area contributed by atoms with Crippen molar-refractivity contribution in [3.63, 3.8) is 0 Å². The lowest BCUT2D eigenvalue weighted by molar-refractivity contribution is -0.149. The highest BCUT2D eigenvalue weighted by Gasteiger charge is 2.29. The summed E-state index contributed by atoms with van der Waals surface area (Å²) in [5.74, 6) is -0.553. The lowest BCUT2D eigenvalue weighted by Crippen LogP contribution is -2.42. The van der Waals surface area contributed by atoms with Gasteiger partial charge in [-0.15, -0.1) is 0 Å². The number of ether oxygens (including phenoxy) is 1. The van der Waals surface area contributed by atoms with Gasteiger partial charge in [0.2, 0.25) is 0 Å². The summed E-state index contributed by atoms with van der Waals surface area (Å²) in [4.78, 5) is 38.0. The van der Waals surface area contributed by atoms with Crippen molar-refractivity contribution in [1.82, 2.24) is 15.5 Å². The van der Waals surface area contributed by atoms with Gasteiger partial charge in [-0.1, -0.05) is 12.1 Å². The van der Waals surface area contributed by atoms with Crippen molar-refractivity contribution in [1.29, 1.82) is 0 Å². The van der Waals surface area contributed by atoms with Gasteiger partial charge < -0.3 is 20.3 Å². The van der Waals surface area contributed by atoms with Gasteiger partial charge >= 0.3 is 12.0 Å². The zero-order valence-corrected chi connectivity index (χ0v) is 16.3. The minimum absolute atomic E-state index is 0.0768. The fourth-order valence-electron chi connectivity index (χ4n) is 3.06. The second-order valence-electron chi connectivity index (χ2n) is 7.02. The lowest BCUT2D eigenvalue weighted by atomic mass is 9.97. The summed E-state index contributed by atoms with van der Waals surface area (Å²) in [5.41, 5.74) is 1.49. The standard InChI is InChI=1S/C20H29N3O4/c1-4-27-19(25)17-6-5-11-23(13-17)18(24)16-9-7-15(8-10-16)12-21-20(26)22-14(2)3/h7-10,14,17H,4-6,11-13H2,1-3H3,(H2,21,22,26)/t17-/m0/s1. The average molecular weight is 375 g/mol. The summed E-state index contributed by atoms with van der Waals surface area (Å²) in [6, 6.07) is 7.03. The van der Waals surface area contributed by atoms with Crippen molar-refractivity contribution in [3.8, 4) is 0 Å². The van der Waals surface area contributed by atoms with Crippen molar-refractivity contribution in [2.24, 2.45) is 5.92 Å². The van der Waals surface area contributed by atoms with E-state index in [-0.39, 0.29) is 29.9 Å². The summed E-state index contributed by atoms with van der Waals surface area (Å²) in [5, 5.41) is 5.53.